The number of aliphatic hydroxyl groups is 1. The van der Waals surface area contributed by atoms with Crippen molar-refractivity contribution in [2.45, 2.75) is 84.7 Å². The van der Waals surface area contributed by atoms with Crippen LogP contribution in [0.5, 0.6) is 5.75 Å². The molecule has 0 aliphatic carbocycles. The lowest BCUT2D eigenvalue weighted by Crippen LogP contribution is -2.47. The van der Waals surface area contributed by atoms with Crippen molar-refractivity contribution in [3.05, 3.63) is 59.2 Å². The molecule has 0 saturated heterocycles. The Hall–Kier alpha value is -3.67. The second-order valence-electron chi connectivity index (χ2n) is 12.5. The number of hydrogen-bond acceptors (Lipinski definition) is 7. The molecule has 0 unspecified atom stereocenters. The summed E-state index contributed by atoms with van der Waals surface area (Å²) in [5, 5.41) is 25.0. The van der Waals surface area contributed by atoms with Crippen LogP contribution in [0.2, 0.25) is 0 Å². The fraction of sp³-hybridized carbons (Fsp3) is 0.559. The van der Waals surface area contributed by atoms with Crippen molar-refractivity contribution in [2.24, 2.45) is 5.92 Å². The van der Waals surface area contributed by atoms with Gasteiger partial charge in [-0.25, -0.2) is 9.59 Å². The van der Waals surface area contributed by atoms with Crippen LogP contribution in [0.15, 0.2) is 42.5 Å². The Kier molecular flexibility index (Phi) is 13.6. The van der Waals surface area contributed by atoms with E-state index in [-0.39, 0.29) is 48.3 Å². The number of ether oxygens (including phenoxy) is 2. The van der Waals surface area contributed by atoms with E-state index in [1.54, 1.807) is 42.2 Å². The van der Waals surface area contributed by atoms with Crippen LogP contribution in [0.4, 0.5) is 10.5 Å². The minimum atomic E-state index is -0.958. The lowest BCUT2D eigenvalue weighted by Gasteiger charge is -2.36. The van der Waals surface area contributed by atoms with Crippen LogP contribution < -0.4 is 15.4 Å². The summed E-state index contributed by atoms with van der Waals surface area (Å²) in [5.41, 5.74) is 2.00. The van der Waals surface area contributed by atoms with E-state index < -0.39 is 12.0 Å². The van der Waals surface area contributed by atoms with Gasteiger partial charge in [-0.3, -0.25) is 9.69 Å². The highest BCUT2D eigenvalue weighted by atomic mass is 16.5. The highest BCUT2D eigenvalue weighted by Gasteiger charge is 2.30. The maximum atomic E-state index is 14.2. The Morgan fingerprint density at radius 1 is 1.09 bits per heavy atom. The molecule has 0 spiro atoms. The Morgan fingerprint density at radius 2 is 1.80 bits per heavy atom. The van der Waals surface area contributed by atoms with Gasteiger partial charge in [-0.05, 0) is 89.9 Å². The van der Waals surface area contributed by atoms with Gasteiger partial charge in [0.25, 0.3) is 5.91 Å². The Balaban J connectivity index is 1.88. The maximum Gasteiger partial charge on any atom is 0.335 e. The number of likely N-dealkylation sites (N-methyl/N-ethyl adjacent to an activating group) is 1. The number of carboxylic acid groups (broad SMARTS) is 1. The van der Waals surface area contributed by atoms with Crippen LogP contribution in [-0.2, 0) is 11.3 Å². The number of aromatic carboxylic acids is 1. The molecular weight excluding hydrogens is 576 g/mol. The average Bonchev–Trinajstić information content (AvgIpc) is 2.98. The average molecular weight is 627 g/mol. The number of benzene rings is 2. The van der Waals surface area contributed by atoms with E-state index in [1.807, 2.05) is 46.9 Å². The van der Waals surface area contributed by atoms with Gasteiger partial charge in [-0.2, -0.15) is 0 Å². The van der Waals surface area contributed by atoms with Crippen LogP contribution >= 0.6 is 0 Å². The van der Waals surface area contributed by atoms with Crippen molar-refractivity contribution in [1.29, 1.82) is 0 Å². The summed E-state index contributed by atoms with van der Waals surface area (Å²) < 4.78 is 12.7. The number of nitrogens with zero attached hydrogens (tertiary/aromatic N) is 2. The molecule has 2 aromatic rings. The lowest BCUT2D eigenvalue weighted by atomic mass is 10.0. The van der Waals surface area contributed by atoms with Crippen molar-refractivity contribution in [2.75, 3.05) is 38.7 Å². The van der Waals surface area contributed by atoms with E-state index >= 15 is 0 Å². The highest BCUT2D eigenvalue weighted by molar-refractivity contribution is 5.99. The third-order valence-electron chi connectivity index (χ3n) is 7.87. The number of nitrogens with one attached hydrogen (secondary N) is 2. The fourth-order valence-corrected chi connectivity index (χ4v) is 5.33. The largest absolute Gasteiger partial charge is 0.490 e. The number of carbonyl (C=O) groups excluding carboxylic acids is 2. The molecule has 4 N–H and O–H groups in total. The van der Waals surface area contributed by atoms with E-state index in [0.29, 0.717) is 43.2 Å². The van der Waals surface area contributed by atoms with Crippen LogP contribution in [0, 0.1) is 5.92 Å². The van der Waals surface area contributed by atoms with Crippen LogP contribution in [0.25, 0.3) is 0 Å². The molecular formula is C34H50N4O7. The van der Waals surface area contributed by atoms with Gasteiger partial charge in [0, 0.05) is 43.9 Å². The van der Waals surface area contributed by atoms with Crippen molar-refractivity contribution in [3.63, 3.8) is 0 Å². The minimum Gasteiger partial charge on any atom is -0.490 e. The van der Waals surface area contributed by atoms with E-state index in [2.05, 4.69) is 15.5 Å². The molecule has 0 fully saturated rings. The van der Waals surface area contributed by atoms with Crippen molar-refractivity contribution >= 4 is 23.6 Å². The Bertz CT molecular complexity index is 1270. The first-order chi connectivity index (χ1) is 21.4. The van der Waals surface area contributed by atoms with Crippen LogP contribution in [0.1, 0.15) is 80.2 Å². The van der Waals surface area contributed by atoms with Gasteiger partial charge in [0.15, 0.2) is 0 Å². The number of anilines is 1. The molecule has 3 rings (SSSR count). The number of carbonyl (C=O) groups is 3. The van der Waals surface area contributed by atoms with E-state index in [9.17, 15) is 24.6 Å². The summed E-state index contributed by atoms with van der Waals surface area (Å²) in [5.74, 6) is -0.922. The summed E-state index contributed by atoms with van der Waals surface area (Å²) in [7, 11) is 1.99. The zero-order valence-electron chi connectivity index (χ0n) is 27.4. The molecule has 2 aromatic carbocycles. The number of carboxylic acids is 1. The summed E-state index contributed by atoms with van der Waals surface area (Å²) in [6.07, 6.45) is 2.16. The van der Waals surface area contributed by atoms with E-state index in [1.165, 1.54) is 0 Å². The number of rotatable bonds is 9. The zero-order valence-corrected chi connectivity index (χ0v) is 27.4. The molecule has 3 amide bonds. The number of amides is 3. The van der Waals surface area contributed by atoms with Gasteiger partial charge in [0.05, 0.1) is 36.0 Å². The number of fused-ring (bicyclic) bond motifs is 1. The van der Waals surface area contributed by atoms with Crippen molar-refractivity contribution < 1.29 is 34.1 Å². The molecule has 248 valence electrons. The molecule has 0 aromatic heterocycles. The van der Waals surface area contributed by atoms with Gasteiger partial charge in [-0.1, -0.05) is 19.1 Å². The highest BCUT2D eigenvalue weighted by Crippen LogP contribution is 2.28. The standard InChI is InChI=1S/C34H50N4O7/c1-22(2)35-34(43)36-28-14-15-30-29(17-28)32(40)38(24(4)21-39)18-23(3)31(44-16-8-7-9-25(5)45-30)20-37(6)19-26-10-12-27(13-11-26)33(41)42/h10-15,17,22-25,31,39H,7-9,16,18-21H2,1-6H3,(H,41,42)(H2,35,36,43)/t23-,24+,25+,31+/m1/s1. The zero-order chi connectivity index (χ0) is 33.1. The summed E-state index contributed by atoms with van der Waals surface area (Å²) in [4.78, 5) is 41.7. The number of hydrogen-bond donors (Lipinski definition) is 4. The predicted molar refractivity (Wildman–Crippen MR) is 174 cm³/mol. The molecule has 0 saturated carbocycles. The van der Waals surface area contributed by atoms with Gasteiger partial charge in [0.1, 0.15) is 5.75 Å². The second-order valence-corrected chi connectivity index (χ2v) is 12.5. The molecule has 0 radical (unpaired) electrons. The summed E-state index contributed by atoms with van der Waals surface area (Å²) in [6, 6.07) is 11.0. The molecule has 1 heterocycles. The Labute approximate surface area is 266 Å². The summed E-state index contributed by atoms with van der Waals surface area (Å²) >= 11 is 0. The third-order valence-corrected chi connectivity index (χ3v) is 7.87. The maximum absolute atomic E-state index is 14.2. The molecule has 0 bridgehead atoms. The van der Waals surface area contributed by atoms with Gasteiger partial charge < -0.3 is 35.2 Å². The lowest BCUT2D eigenvalue weighted by molar-refractivity contribution is -0.0177. The molecule has 11 heteroatoms. The quantitative estimate of drug-likeness (QED) is 0.310. The predicted octanol–water partition coefficient (Wildman–Crippen LogP) is 4.84. The Morgan fingerprint density at radius 3 is 2.44 bits per heavy atom. The van der Waals surface area contributed by atoms with E-state index in [4.69, 9.17) is 9.47 Å². The first kappa shape index (κ1) is 35.8. The normalized spacial score (nSPS) is 20.6. The molecule has 1 aliphatic heterocycles. The van der Waals surface area contributed by atoms with E-state index in [0.717, 1.165) is 24.8 Å². The fourth-order valence-electron chi connectivity index (χ4n) is 5.33. The van der Waals surface area contributed by atoms with Gasteiger partial charge in [0.2, 0.25) is 0 Å². The number of aliphatic hydroxyl groups excluding tert-OH is 1. The first-order valence-corrected chi connectivity index (χ1v) is 15.8. The number of urea groups is 1. The monoisotopic (exact) mass is 626 g/mol. The van der Waals surface area contributed by atoms with Crippen LogP contribution in [-0.4, -0.2) is 95.6 Å². The van der Waals surface area contributed by atoms with Crippen molar-refractivity contribution in [3.8, 4) is 5.75 Å². The third kappa shape index (κ3) is 11.0. The molecule has 11 nitrogen and oxygen atoms in total. The molecule has 1 aliphatic rings. The van der Waals surface area contributed by atoms with Crippen LogP contribution in [0.3, 0.4) is 0 Å². The van der Waals surface area contributed by atoms with Gasteiger partial charge >= 0.3 is 12.0 Å². The first-order valence-electron chi connectivity index (χ1n) is 15.8. The van der Waals surface area contributed by atoms with Gasteiger partial charge in [-0.15, -0.1) is 0 Å². The second kappa shape index (κ2) is 17.1. The SMILES string of the molecule is CC(C)NC(=O)Nc1ccc2c(c1)C(=O)N([C@@H](C)CO)C[C@@H](C)[C@H](CN(C)Cc1ccc(C(=O)O)cc1)OCCCC[C@H](C)O2. The molecule has 45 heavy (non-hydrogen) atoms. The minimum absolute atomic E-state index is 0.0535. The summed E-state index contributed by atoms with van der Waals surface area (Å²) in [6.45, 7) is 11.4. The van der Waals surface area contributed by atoms with Crippen molar-refractivity contribution in [1.82, 2.24) is 15.1 Å². The molecule has 4 atom stereocenters. The topological polar surface area (TPSA) is 141 Å². The smallest absolute Gasteiger partial charge is 0.335 e.